The molecule has 4 nitrogen and oxygen atoms in total. The molecule has 0 amide bonds. The number of carboxylic acid groups (broad SMARTS) is 2. The Morgan fingerprint density at radius 2 is 1.00 bits per heavy atom. The number of carbonyl (C=O) groups is 2. The van der Waals surface area contributed by atoms with Gasteiger partial charge in [0.05, 0.1) is 0 Å². The number of carboxylic acids is 2. The minimum atomic E-state index is -5.08. The van der Waals surface area contributed by atoms with Gasteiger partial charge in [-0.3, -0.25) is 0 Å². The van der Waals surface area contributed by atoms with Gasteiger partial charge in [-0.1, -0.05) is 0 Å². The number of rotatable bonds is 0. The summed E-state index contributed by atoms with van der Waals surface area (Å²) in [5.41, 5.74) is 0. The topological polar surface area (TPSA) is 74.6 Å². The van der Waals surface area contributed by atoms with E-state index in [0.29, 0.717) is 0 Å². The molecule has 112 valence electrons. The summed E-state index contributed by atoms with van der Waals surface area (Å²) in [6.07, 6.45) is -8.67. The van der Waals surface area contributed by atoms with Crippen LogP contribution < -0.4 is 0 Å². The molecular weight excluding hydrogens is 368 g/mol. The second-order valence-electron chi connectivity index (χ2n) is 1.89. The molecule has 0 aromatic heterocycles. The van der Waals surface area contributed by atoms with Crippen LogP contribution in [-0.4, -0.2) is 34.5 Å². The average Bonchev–Trinajstić information content (AvgIpc) is 2.02. The molecule has 0 aromatic rings. The van der Waals surface area contributed by atoms with E-state index in [2.05, 4.69) is 13.5 Å². The minimum Gasteiger partial charge on any atom is -0.475 e. The maximum atomic E-state index is 10.6. The SMILES string of the molecule is C=C[CH2-].O=C(O)C(F)(F)F.O=C(O)C(F)(F)F.[Pd]. The van der Waals surface area contributed by atoms with Crippen LogP contribution in [0.15, 0.2) is 12.7 Å². The molecule has 0 rings (SSSR count). The van der Waals surface area contributed by atoms with Crippen LogP contribution in [0.25, 0.3) is 0 Å². The van der Waals surface area contributed by atoms with Crippen LogP contribution in [-0.2, 0) is 30.0 Å². The first kappa shape index (κ1) is 25.6. The first-order chi connectivity index (χ1) is 7.30. The van der Waals surface area contributed by atoms with Crippen LogP contribution in [0.5, 0.6) is 0 Å². The third-order valence-corrected chi connectivity index (χ3v) is 0.485. The Balaban J connectivity index is -0.0000000857. The van der Waals surface area contributed by atoms with Gasteiger partial charge in [-0.25, -0.2) is 29.2 Å². The van der Waals surface area contributed by atoms with Gasteiger partial charge < -0.3 is 10.2 Å². The summed E-state index contributed by atoms with van der Waals surface area (Å²) < 4.78 is 63.5. The fourth-order valence-electron chi connectivity index (χ4n) is 0. The molecule has 0 aromatic carbocycles. The van der Waals surface area contributed by atoms with Gasteiger partial charge in [0, 0.05) is 20.4 Å². The normalized spacial score (nSPS) is 9.44. The zero-order chi connectivity index (χ0) is 14.9. The van der Waals surface area contributed by atoms with E-state index in [1.54, 1.807) is 0 Å². The fourth-order valence-corrected chi connectivity index (χ4v) is 0. The molecule has 2 N–H and O–H groups in total. The molecule has 0 saturated carbocycles. The molecule has 0 aliphatic rings. The number of alkyl halides is 6. The monoisotopic (exact) mass is 375 g/mol. The molecule has 0 spiro atoms. The summed E-state index contributed by atoms with van der Waals surface area (Å²) in [5.74, 6) is -5.51. The zero-order valence-corrected chi connectivity index (χ0v) is 9.84. The van der Waals surface area contributed by atoms with Crippen LogP contribution in [0.3, 0.4) is 0 Å². The molecule has 0 aliphatic carbocycles. The molecule has 0 bridgehead atoms. The molecular formula is C7H7F6O4Pd-. The maximum absolute atomic E-state index is 10.6. The van der Waals surface area contributed by atoms with Crippen LogP contribution >= 0.6 is 0 Å². The fraction of sp³-hybridized carbons (Fsp3) is 0.286. The van der Waals surface area contributed by atoms with Gasteiger partial charge in [0.15, 0.2) is 0 Å². The molecule has 0 fully saturated rings. The van der Waals surface area contributed by atoms with Crippen molar-refractivity contribution in [2.45, 2.75) is 12.4 Å². The first-order valence-corrected chi connectivity index (χ1v) is 3.31. The molecule has 0 aliphatic heterocycles. The molecule has 0 unspecified atom stereocenters. The van der Waals surface area contributed by atoms with Gasteiger partial charge in [0.1, 0.15) is 0 Å². The van der Waals surface area contributed by atoms with Crippen LogP contribution in [0.1, 0.15) is 0 Å². The van der Waals surface area contributed by atoms with Crippen molar-refractivity contribution in [3.8, 4) is 0 Å². The second kappa shape index (κ2) is 10.9. The Hall–Kier alpha value is -1.21. The first-order valence-electron chi connectivity index (χ1n) is 3.31. The third kappa shape index (κ3) is 24.2. The molecule has 0 atom stereocenters. The summed E-state index contributed by atoms with van der Waals surface area (Å²) in [6.45, 7) is 6.50. The second-order valence-corrected chi connectivity index (χ2v) is 1.89. The van der Waals surface area contributed by atoms with E-state index < -0.39 is 24.3 Å². The molecule has 0 heterocycles. The Bertz CT molecular complexity index is 236. The Morgan fingerprint density at radius 3 is 1.00 bits per heavy atom. The van der Waals surface area contributed by atoms with E-state index in [4.69, 9.17) is 19.8 Å². The summed E-state index contributed by atoms with van der Waals surface area (Å²) in [4.78, 5) is 17.8. The van der Waals surface area contributed by atoms with Crippen LogP contribution in [0.4, 0.5) is 26.3 Å². The van der Waals surface area contributed by atoms with Gasteiger partial charge in [0.2, 0.25) is 0 Å². The van der Waals surface area contributed by atoms with Gasteiger partial charge >= 0.3 is 24.3 Å². The van der Waals surface area contributed by atoms with Crippen molar-refractivity contribution in [3.05, 3.63) is 19.6 Å². The number of hydrogen-bond acceptors (Lipinski definition) is 2. The maximum Gasteiger partial charge on any atom is 0.490 e. The molecule has 0 radical (unpaired) electrons. The predicted octanol–water partition coefficient (Wildman–Crippen LogP) is 2.27. The zero-order valence-electron chi connectivity index (χ0n) is 8.29. The molecule has 11 heteroatoms. The van der Waals surface area contributed by atoms with Crippen molar-refractivity contribution in [3.63, 3.8) is 0 Å². The standard InChI is InChI=1S/C3H5.2C2HF3O2.Pd/c1-3-2;2*3-2(4,5)1(6)7;/h3H,1-2H2;2*(H,6,7);/q-1;;;. The van der Waals surface area contributed by atoms with E-state index in [9.17, 15) is 26.3 Å². The van der Waals surface area contributed by atoms with Crippen molar-refractivity contribution >= 4 is 11.9 Å². The Morgan fingerprint density at radius 1 is 0.944 bits per heavy atom. The number of aliphatic carboxylic acids is 2. The van der Waals surface area contributed by atoms with Crippen LogP contribution in [0.2, 0.25) is 0 Å². The number of halogens is 6. The smallest absolute Gasteiger partial charge is 0.475 e. The summed E-state index contributed by atoms with van der Waals surface area (Å²) in [6, 6.07) is 0. The van der Waals surface area contributed by atoms with E-state index >= 15 is 0 Å². The van der Waals surface area contributed by atoms with E-state index in [-0.39, 0.29) is 20.4 Å². The van der Waals surface area contributed by atoms with E-state index in [1.165, 1.54) is 6.08 Å². The minimum absolute atomic E-state index is 0. The Labute approximate surface area is 111 Å². The van der Waals surface area contributed by atoms with Crippen molar-refractivity contribution < 1.29 is 66.6 Å². The predicted molar refractivity (Wildman–Crippen MR) is 42.9 cm³/mol. The average molecular weight is 376 g/mol. The quantitative estimate of drug-likeness (QED) is 0.387. The van der Waals surface area contributed by atoms with Crippen molar-refractivity contribution in [1.82, 2.24) is 0 Å². The summed E-state index contributed by atoms with van der Waals surface area (Å²) in [5, 5.41) is 14.2. The summed E-state index contributed by atoms with van der Waals surface area (Å²) in [7, 11) is 0. The molecule has 18 heavy (non-hydrogen) atoms. The van der Waals surface area contributed by atoms with E-state index in [1.807, 2.05) is 0 Å². The van der Waals surface area contributed by atoms with Gasteiger partial charge in [-0.15, -0.1) is 0 Å². The molecule has 0 saturated heterocycles. The van der Waals surface area contributed by atoms with Gasteiger partial charge in [0.25, 0.3) is 0 Å². The van der Waals surface area contributed by atoms with Gasteiger partial charge in [-0.05, 0) is 0 Å². The van der Waals surface area contributed by atoms with Gasteiger partial charge in [-0.2, -0.15) is 26.3 Å². The van der Waals surface area contributed by atoms with Crippen LogP contribution in [0, 0.1) is 6.92 Å². The largest absolute Gasteiger partial charge is 0.490 e. The van der Waals surface area contributed by atoms with Crippen molar-refractivity contribution in [2.75, 3.05) is 0 Å². The number of hydrogen-bond donors (Lipinski definition) is 2. The summed E-state index contributed by atoms with van der Waals surface area (Å²) >= 11 is 0. The van der Waals surface area contributed by atoms with E-state index in [0.717, 1.165) is 0 Å². The number of allylic oxidation sites excluding steroid dienone is 1. The Kier molecular flexibility index (Phi) is 15.5. The third-order valence-electron chi connectivity index (χ3n) is 0.485. The van der Waals surface area contributed by atoms with Crippen molar-refractivity contribution in [2.24, 2.45) is 0 Å². The van der Waals surface area contributed by atoms with Crippen molar-refractivity contribution in [1.29, 1.82) is 0 Å².